The average molecular weight is 447 g/mol. The van der Waals surface area contributed by atoms with Crippen molar-refractivity contribution in [3.63, 3.8) is 0 Å². The van der Waals surface area contributed by atoms with Crippen LogP contribution in [-0.2, 0) is 17.9 Å². The van der Waals surface area contributed by atoms with Crippen LogP contribution in [0.15, 0.2) is 48.5 Å². The summed E-state index contributed by atoms with van der Waals surface area (Å²) in [6.45, 7) is 5.10. The maximum Gasteiger partial charge on any atom is 0.239 e. The van der Waals surface area contributed by atoms with Gasteiger partial charge in [0.05, 0.1) is 26.3 Å². The molecule has 3 rings (SSSR count). The number of likely N-dealkylation sites (N-methyl/N-ethyl adjacent to an activating group) is 1. The van der Waals surface area contributed by atoms with Crippen molar-refractivity contribution in [3.05, 3.63) is 76.5 Å². The van der Waals surface area contributed by atoms with Gasteiger partial charge in [0.25, 0.3) is 0 Å². The van der Waals surface area contributed by atoms with Crippen molar-refractivity contribution in [2.24, 2.45) is 0 Å². The van der Waals surface area contributed by atoms with Gasteiger partial charge < -0.3 is 19.4 Å². The summed E-state index contributed by atoms with van der Waals surface area (Å²) in [4.78, 5) is 14.8. The molecule has 2 aromatic carbocycles. The third-order valence-corrected chi connectivity index (χ3v) is 5.72. The van der Waals surface area contributed by atoms with Gasteiger partial charge in [-0.15, -0.1) is 0 Å². The second kappa shape index (κ2) is 10.7. The van der Waals surface area contributed by atoms with Gasteiger partial charge in [-0.05, 0) is 38.1 Å². The number of nitrogens with one attached hydrogen (secondary N) is 1. The van der Waals surface area contributed by atoms with Gasteiger partial charge in [0.2, 0.25) is 5.91 Å². The number of anilines is 1. The minimum atomic E-state index is -0.192. The van der Waals surface area contributed by atoms with Crippen molar-refractivity contribution in [1.82, 2.24) is 9.47 Å². The Morgan fingerprint density at radius 2 is 1.82 bits per heavy atom. The molecule has 172 valence electrons. The van der Waals surface area contributed by atoms with Gasteiger partial charge in [-0.3, -0.25) is 9.69 Å². The van der Waals surface area contributed by atoms with Crippen LogP contribution in [0.25, 0.3) is 0 Å². The van der Waals surface area contributed by atoms with Gasteiger partial charge >= 0.3 is 0 Å². The molecule has 1 amide bonds. The van der Waals surface area contributed by atoms with E-state index in [0.717, 1.165) is 22.4 Å². The highest BCUT2D eigenvalue weighted by atomic mass is 16.5. The zero-order chi connectivity index (χ0) is 24.0. The van der Waals surface area contributed by atoms with Crippen LogP contribution in [0.5, 0.6) is 11.5 Å². The molecule has 0 saturated heterocycles. The fourth-order valence-corrected chi connectivity index (χ4v) is 3.94. The molecule has 0 fully saturated rings. The van der Waals surface area contributed by atoms with Crippen LogP contribution in [0, 0.1) is 25.2 Å². The SMILES string of the molecule is COc1cccc(CN(C)CC(=O)Nc2c(C#N)c(C)c(C)n2Cc2ccccc2)c1OC. The topological polar surface area (TPSA) is 79.5 Å². The molecule has 1 aromatic heterocycles. The second-order valence-electron chi connectivity index (χ2n) is 7.99. The lowest BCUT2D eigenvalue weighted by molar-refractivity contribution is -0.117. The number of nitriles is 1. The first kappa shape index (κ1) is 23.9. The standard InChI is InChI=1S/C26H30N4O3/c1-18-19(2)30(15-20-10-7-6-8-11-20)26(22(18)14-27)28-24(31)17-29(3)16-21-12-9-13-23(32-4)25(21)33-5/h6-13H,15-17H2,1-5H3,(H,28,31). The Morgan fingerprint density at radius 3 is 2.45 bits per heavy atom. The van der Waals surface area contributed by atoms with E-state index in [1.165, 1.54) is 0 Å². The summed E-state index contributed by atoms with van der Waals surface area (Å²) >= 11 is 0. The molecule has 0 unspecified atom stereocenters. The van der Waals surface area contributed by atoms with Gasteiger partial charge in [-0.25, -0.2) is 0 Å². The van der Waals surface area contributed by atoms with E-state index in [1.807, 2.05) is 78.9 Å². The van der Waals surface area contributed by atoms with Crippen LogP contribution >= 0.6 is 0 Å². The number of para-hydroxylation sites is 1. The summed E-state index contributed by atoms with van der Waals surface area (Å²) in [5.74, 6) is 1.65. The van der Waals surface area contributed by atoms with E-state index in [1.54, 1.807) is 14.2 Å². The molecular weight excluding hydrogens is 416 g/mol. The first-order chi connectivity index (χ1) is 15.9. The van der Waals surface area contributed by atoms with Crippen molar-refractivity contribution < 1.29 is 14.3 Å². The summed E-state index contributed by atoms with van der Waals surface area (Å²) < 4.78 is 12.9. The molecule has 1 N–H and O–H groups in total. The minimum Gasteiger partial charge on any atom is -0.493 e. The molecule has 0 atom stereocenters. The maximum atomic E-state index is 13.0. The number of nitrogens with zero attached hydrogens (tertiary/aromatic N) is 3. The Bertz CT molecular complexity index is 1160. The van der Waals surface area contributed by atoms with Crippen LogP contribution in [0.3, 0.4) is 0 Å². The molecule has 1 heterocycles. The van der Waals surface area contributed by atoms with Gasteiger partial charge in [-0.2, -0.15) is 5.26 Å². The van der Waals surface area contributed by atoms with Crippen LogP contribution in [-0.4, -0.2) is 43.2 Å². The predicted molar refractivity (Wildman–Crippen MR) is 129 cm³/mol. The van der Waals surface area contributed by atoms with Crippen LogP contribution in [0.4, 0.5) is 5.82 Å². The van der Waals surface area contributed by atoms with Gasteiger partial charge in [0.1, 0.15) is 11.9 Å². The average Bonchev–Trinajstić information content (AvgIpc) is 3.02. The minimum absolute atomic E-state index is 0.153. The van der Waals surface area contributed by atoms with E-state index in [-0.39, 0.29) is 12.5 Å². The Labute approximate surface area is 195 Å². The van der Waals surface area contributed by atoms with E-state index in [2.05, 4.69) is 11.4 Å². The van der Waals surface area contributed by atoms with Gasteiger partial charge in [0.15, 0.2) is 11.5 Å². The Kier molecular flexibility index (Phi) is 7.75. The lowest BCUT2D eigenvalue weighted by Gasteiger charge is -2.20. The maximum absolute atomic E-state index is 13.0. The third-order valence-electron chi connectivity index (χ3n) is 5.72. The number of aromatic nitrogens is 1. The number of hydrogen-bond donors (Lipinski definition) is 1. The summed E-state index contributed by atoms with van der Waals surface area (Å²) in [5, 5.41) is 12.7. The summed E-state index contributed by atoms with van der Waals surface area (Å²) in [6.07, 6.45) is 0. The molecule has 0 aliphatic heterocycles. The van der Waals surface area contributed by atoms with Crippen LogP contribution < -0.4 is 14.8 Å². The first-order valence-corrected chi connectivity index (χ1v) is 10.7. The number of methoxy groups -OCH3 is 2. The second-order valence-corrected chi connectivity index (χ2v) is 7.99. The number of amides is 1. The molecule has 33 heavy (non-hydrogen) atoms. The summed E-state index contributed by atoms with van der Waals surface area (Å²) in [5.41, 5.74) is 4.34. The van der Waals surface area contributed by atoms with E-state index in [4.69, 9.17) is 9.47 Å². The van der Waals surface area contributed by atoms with E-state index in [9.17, 15) is 10.1 Å². The molecule has 7 nitrogen and oxygen atoms in total. The first-order valence-electron chi connectivity index (χ1n) is 10.7. The number of carbonyl (C=O) groups is 1. The van der Waals surface area contributed by atoms with E-state index >= 15 is 0 Å². The Hall–Kier alpha value is -3.76. The Balaban J connectivity index is 1.78. The number of hydrogen-bond acceptors (Lipinski definition) is 5. The summed E-state index contributed by atoms with van der Waals surface area (Å²) in [6, 6.07) is 17.9. The number of ether oxygens (including phenoxy) is 2. The molecule has 3 aromatic rings. The van der Waals surface area contributed by atoms with Crippen molar-refractivity contribution >= 4 is 11.7 Å². The lowest BCUT2D eigenvalue weighted by Crippen LogP contribution is -2.31. The molecule has 0 saturated carbocycles. The smallest absolute Gasteiger partial charge is 0.239 e. The molecule has 0 spiro atoms. The van der Waals surface area contributed by atoms with Crippen molar-refractivity contribution in [2.75, 3.05) is 33.1 Å². The molecule has 0 aliphatic carbocycles. The fraction of sp³-hybridized carbons (Fsp3) is 0.308. The Morgan fingerprint density at radius 1 is 1.09 bits per heavy atom. The molecule has 0 bridgehead atoms. The highest BCUT2D eigenvalue weighted by Crippen LogP contribution is 2.31. The molecule has 0 aliphatic rings. The molecule has 0 radical (unpaired) electrons. The van der Waals surface area contributed by atoms with E-state index < -0.39 is 0 Å². The third kappa shape index (κ3) is 5.36. The molecular formula is C26H30N4O3. The highest BCUT2D eigenvalue weighted by molar-refractivity contribution is 5.93. The van der Waals surface area contributed by atoms with Crippen molar-refractivity contribution in [1.29, 1.82) is 5.26 Å². The number of carbonyl (C=O) groups excluding carboxylic acids is 1. The summed E-state index contributed by atoms with van der Waals surface area (Å²) in [7, 11) is 5.06. The van der Waals surface area contributed by atoms with E-state index in [0.29, 0.717) is 36.0 Å². The lowest BCUT2D eigenvalue weighted by atomic mass is 10.1. The zero-order valence-corrected chi connectivity index (χ0v) is 19.8. The van der Waals surface area contributed by atoms with Crippen molar-refractivity contribution in [2.45, 2.75) is 26.9 Å². The monoisotopic (exact) mass is 446 g/mol. The van der Waals surface area contributed by atoms with Gasteiger partial charge in [-0.1, -0.05) is 42.5 Å². The number of rotatable bonds is 9. The largest absolute Gasteiger partial charge is 0.493 e. The van der Waals surface area contributed by atoms with Crippen LogP contribution in [0.1, 0.15) is 27.9 Å². The predicted octanol–water partition coefficient (Wildman–Crippen LogP) is 4.11. The van der Waals surface area contributed by atoms with Crippen LogP contribution in [0.2, 0.25) is 0 Å². The van der Waals surface area contributed by atoms with Crippen molar-refractivity contribution in [3.8, 4) is 17.6 Å². The number of benzene rings is 2. The zero-order valence-electron chi connectivity index (χ0n) is 19.8. The molecule has 7 heteroatoms. The highest BCUT2D eigenvalue weighted by Gasteiger charge is 2.21. The van der Waals surface area contributed by atoms with Gasteiger partial charge in [0, 0.05) is 24.3 Å². The quantitative estimate of drug-likeness (QED) is 0.535. The normalized spacial score (nSPS) is 10.7. The fourth-order valence-electron chi connectivity index (χ4n) is 3.94.